The monoisotopic (exact) mass is 361 g/mol. The third kappa shape index (κ3) is 4.06. The van der Waals surface area contributed by atoms with Crippen molar-refractivity contribution in [3.8, 4) is 0 Å². The predicted molar refractivity (Wildman–Crippen MR) is 110 cm³/mol. The third-order valence-electron chi connectivity index (χ3n) is 5.53. The Morgan fingerprint density at radius 2 is 1.96 bits per heavy atom. The number of hydrogen-bond donors (Lipinski definition) is 3. The number of aryl methyl sites for hydroxylation is 1. The van der Waals surface area contributed by atoms with Crippen LogP contribution < -0.4 is 10.6 Å². The number of fused-ring (bicyclic) bond motifs is 1. The van der Waals surface area contributed by atoms with Gasteiger partial charge in [-0.1, -0.05) is 48.0 Å². The molecule has 2 heterocycles. The summed E-state index contributed by atoms with van der Waals surface area (Å²) >= 11 is 0. The second-order valence-corrected chi connectivity index (χ2v) is 7.55. The lowest BCUT2D eigenvalue weighted by Gasteiger charge is -2.25. The van der Waals surface area contributed by atoms with Crippen LogP contribution in [0.25, 0.3) is 10.9 Å². The molecule has 1 aliphatic heterocycles. The fourth-order valence-corrected chi connectivity index (χ4v) is 4.11. The molecule has 27 heavy (non-hydrogen) atoms. The minimum absolute atomic E-state index is 0.0442. The average Bonchev–Trinajstić information content (AvgIpc) is 3.11. The molecule has 2 aromatic carbocycles. The second kappa shape index (κ2) is 7.97. The molecular formula is C23H27N3O. The summed E-state index contributed by atoms with van der Waals surface area (Å²) in [4.78, 5) is 16.2. The van der Waals surface area contributed by atoms with Crippen molar-refractivity contribution in [1.82, 2.24) is 15.6 Å². The van der Waals surface area contributed by atoms with Crippen LogP contribution in [0.1, 0.15) is 41.9 Å². The van der Waals surface area contributed by atoms with Crippen molar-refractivity contribution in [1.29, 1.82) is 0 Å². The standard InChI is InChI=1S/C23H27N3O/c1-16-5-4-6-17(13-16)20(14-23(27)26-18-9-11-24-12-10-18)21-15-25-22-8-3-2-7-19(21)22/h2-8,13,15,18,20,24-25H,9-12,14H2,1H3,(H,26,27). The molecule has 1 saturated heterocycles. The van der Waals surface area contributed by atoms with Gasteiger partial charge >= 0.3 is 0 Å². The van der Waals surface area contributed by atoms with Crippen LogP contribution in [0, 0.1) is 6.92 Å². The van der Waals surface area contributed by atoms with E-state index in [2.05, 4.69) is 71.2 Å². The zero-order valence-corrected chi connectivity index (χ0v) is 15.8. The highest BCUT2D eigenvalue weighted by atomic mass is 16.1. The number of carbonyl (C=O) groups is 1. The molecule has 0 aliphatic carbocycles. The van der Waals surface area contributed by atoms with E-state index in [-0.39, 0.29) is 11.8 Å². The van der Waals surface area contributed by atoms with Gasteiger partial charge in [-0.15, -0.1) is 0 Å². The maximum absolute atomic E-state index is 12.9. The molecule has 140 valence electrons. The van der Waals surface area contributed by atoms with E-state index in [9.17, 15) is 4.79 Å². The van der Waals surface area contributed by atoms with Crippen LogP contribution in [0.15, 0.2) is 54.7 Å². The van der Waals surface area contributed by atoms with Crippen LogP contribution in [-0.4, -0.2) is 30.0 Å². The first-order valence-corrected chi connectivity index (χ1v) is 9.83. The number of amides is 1. The Morgan fingerprint density at radius 1 is 1.15 bits per heavy atom. The predicted octanol–water partition coefficient (Wildman–Crippen LogP) is 3.87. The minimum atomic E-state index is 0.0442. The van der Waals surface area contributed by atoms with Gasteiger partial charge in [0.1, 0.15) is 0 Å². The van der Waals surface area contributed by atoms with Gasteiger partial charge in [0.15, 0.2) is 0 Å². The quantitative estimate of drug-likeness (QED) is 0.646. The molecule has 0 spiro atoms. The van der Waals surface area contributed by atoms with E-state index < -0.39 is 0 Å². The fourth-order valence-electron chi connectivity index (χ4n) is 4.11. The SMILES string of the molecule is Cc1cccc(C(CC(=O)NC2CCNCC2)c2c[nH]c3ccccc23)c1. The molecule has 0 saturated carbocycles. The highest BCUT2D eigenvalue weighted by Crippen LogP contribution is 2.33. The smallest absolute Gasteiger partial charge is 0.221 e. The number of para-hydroxylation sites is 1. The van der Waals surface area contributed by atoms with Gasteiger partial charge in [-0.2, -0.15) is 0 Å². The van der Waals surface area contributed by atoms with Crippen molar-refractivity contribution in [2.24, 2.45) is 0 Å². The lowest BCUT2D eigenvalue weighted by atomic mass is 9.87. The topological polar surface area (TPSA) is 56.9 Å². The molecular weight excluding hydrogens is 334 g/mol. The summed E-state index contributed by atoms with van der Waals surface area (Å²) in [6, 6.07) is 17.1. The zero-order valence-electron chi connectivity index (χ0n) is 15.8. The summed E-state index contributed by atoms with van der Waals surface area (Å²) in [5.74, 6) is 0.182. The van der Waals surface area contributed by atoms with Crippen molar-refractivity contribution < 1.29 is 4.79 Å². The van der Waals surface area contributed by atoms with Crippen molar-refractivity contribution in [3.63, 3.8) is 0 Å². The number of benzene rings is 2. The summed E-state index contributed by atoms with van der Waals surface area (Å²) in [5, 5.41) is 7.80. The molecule has 1 unspecified atom stereocenters. The van der Waals surface area contributed by atoms with Gasteiger partial charge in [0.05, 0.1) is 0 Å². The number of rotatable bonds is 5. The number of hydrogen-bond acceptors (Lipinski definition) is 2. The maximum atomic E-state index is 12.9. The normalized spacial score (nSPS) is 16.3. The number of piperidine rings is 1. The fraction of sp³-hybridized carbons (Fsp3) is 0.348. The Labute approximate surface area is 160 Å². The Balaban J connectivity index is 1.63. The van der Waals surface area contributed by atoms with Gasteiger partial charge in [-0.05, 0) is 50.0 Å². The third-order valence-corrected chi connectivity index (χ3v) is 5.53. The Hall–Kier alpha value is -2.59. The molecule has 1 aliphatic rings. The van der Waals surface area contributed by atoms with Gasteiger partial charge in [0.2, 0.25) is 5.91 Å². The molecule has 0 bridgehead atoms. The van der Waals surface area contributed by atoms with Crippen molar-refractivity contribution in [2.75, 3.05) is 13.1 Å². The van der Waals surface area contributed by atoms with E-state index in [1.807, 2.05) is 6.07 Å². The second-order valence-electron chi connectivity index (χ2n) is 7.55. The van der Waals surface area contributed by atoms with Gasteiger partial charge in [0, 0.05) is 35.5 Å². The Bertz CT molecular complexity index is 924. The molecule has 4 heteroatoms. The van der Waals surface area contributed by atoms with Crippen LogP contribution in [-0.2, 0) is 4.79 Å². The van der Waals surface area contributed by atoms with Crippen molar-refractivity contribution >= 4 is 16.8 Å². The molecule has 4 nitrogen and oxygen atoms in total. The van der Waals surface area contributed by atoms with Crippen LogP contribution in [0.3, 0.4) is 0 Å². The molecule has 0 radical (unpaired) electrons. The molecule has 1 atom stereocenters. The first-order valence-electron chi connectivity index (χ1n) is 9.83. The number of aromatic nitrogens is 1. The summed E-state index contributed by atoms with van der Waals surface area (Å²) in [6.45, 7) is 4.06. The zero-order chi connectivity index (χ0) is 18.6. The largest absolute Gasteiger partial charge is 0.361 e. The number of carbonyl (C=O) groups excluding carboxylic acids is 1. The summed E-state index contributed by atoms with van der Waals surface area (Å²) in [7, 11) is 0. The molecule has 1 amide bonds. The highest BCUT2D eigenvalue weighted by Gasteiger charge is 2.23. The van der Waals surface area contributed by atoms with E-state index in [4.69, 9.17) is 0 Å². The van der Waals surface area contributed by atoms with Crippen LogP contribution in [0.2, 0.25) is 0 Å². The highest BCUT2D eigenvalue weighted by molar-refractivity contribution is 5.86. The molecule has 1 fully saturated rings. The average molecular weight is 361 g/mol. The van der Waals surface area contributed by atoms with Crippen molar-refractivity contribution in [3.05, 3.63) is 71.4 Å². The van der Waals surface area contributed by atoms with Crippen LogP contribution in [0.5, 0.6) is 0 Å². The van der Waals surface area contributed by atoms with Crippen molar-refractivity contribution in [2.45, 2.75) is 38.1 Å². The van der Waals surface area contributed by atoms with E-state index in [0.717, 1.165) is 31.4 Å². The van der Waals surface area contributed by atoms with E-state index in [1.54, 1.807) is 0 Å². The van der Waals surface area contributed by atoms with Crippen LogP contribution >= 0.6 is 0 Å². The number of aromatic amines is 1. The van der Waals surface area contributed by atoms with Crippen LogP contribution in [0.4, 0.5) is 0 Å². The molecule has 1 aromatic heterocycles. The summed E-state index contributed by atoms with van der Waals surface area (Å²) in [6.07, 6.45) is 4.55. The van der Waals surface area contributed by atoms with Gasteiger partial charge in [-0.25, -0.2) is 0 Å². The van der Waals surface area contributed by atoms with E-state index >= 15 is 0 Å². The lowest BCUT2D eigenvalue weighted by Crippen LogP contribution is -2.43. The van der Waals surface area contributed by atoms with E-state index in [0.29, 0.717) is 12.5 Å². The molecule has 3 N–H and O–H groups in total. The number of nitrogens with one attached hydrogen (secondary N) is 3. The van der Waals surface area contributed by atoms with Gasteiger partial charge in [0.25, 0.3) is 0 Å². The lowest BCUT2D eigenvalue weighted by molar-refractivity contribution is -0.122. The van der Waals surface area contributed by atoms with Gasteiger partial charge < -0.3 is 15.6 Å². The molecule has 3 aromatic rings. The van der Waals surface area contributed by atoms with E-state index in [1.165, 1.54) is 22.1 Å². The number of H-pyrrole nitrogens is 1. The maximum Gasteiger partial charge on any atom is 0.221 e. The Kier molecular flexibility index (Phi) is 5.26. The van der Waals surface area contributed by atoms with Gasteiger partial charge in [-0.3, -0.25) is 4.79 Å². The first kappa shape index (κ1) is 17.8. The minimum Gasteiger partial charge on any atom is -0.361 e. The Morgan fingerprint density at radius 3 is 2.78 bits per heavy atom. The summed E-state index contributed by atoms with van der Waals surface area (Å²) in [5.41, 5.74) is 4.72. The summed E-state index contributed by atoms with van der Waals surface area (Å²) < 4.78 is 0. The molecule has 4 rings (SSSR count). The first-order chi connectivity index (χ1) is 13.2.